The van der Waals surface area contributed by atoms with Crippen LogP contribution in [-0.4, -0.2) is 45.1 Å². The Morgan fingerprint density at radius 2 is 1.38 bits per heavy atom. The van der Waals surface area contributed by atoms with Crippen LogP contribution in [0, 0.1) is 66.6 Å². The number of nitrogens with zero attached hydrogens (tertiary/aromatic N) is 2. The molecule has 280 valence electrons. The van der Waals surface area contributed by atoms with E-state index in [9.17, 15) is 39.7 Å². The van der Waals surface area contributed by atoms with E-state index in [4.69, 9.17) is 9.47 Å². The maximum atomic E-state index is 13.7. The smallest absolute Gasteiger partial charge is 0.310 e. The van der Waals surface area contributed by atoms with Crippen LogP contribution in [0.5, 0.6) is 0 Å². The van der Waals surface area contributed by atoms with Crippen LogP contribution in [0.3, 0.4) is 0 Å². The first-order chi connectivity index (χ1) is 24.7. The number of nitro benzene ring substituents is 2. The van der Waals surface area contributed by atoms with Gasteiger partial charge in [0.15, 0.2) is 0 Å². The summed E-state index contributed by atoms with van der Waals surface area (Å²) in [5.41, 5.74) is 0.923. The second-order valence-corrected chi connectivity index (χ2v) is 16.4. The molecule has 2 aromatic rings. The van der Waals surface area contributed by atoms with Gasteiger partial charge in [-0.1, -0.05) is 45.0 Å². The van der Waals surface area contributed by atoms with Gasteiger partial charge in [-0.05, 0) is 110 Å². The van der Waals surface area contributed by atoms with Crippen molar-refractivity contribution in [1.29, 1.82) is 0 Å². The molecule has 0 aromatic heterocycles. The van der Waals surface area contributed by atoms with E-state index in [2.05, 4.69) is 20.8 Å². The zero-order chi connectivity index (χ0) is 37.4. The van der Waals surface area contributed by atoms with E-state index < -0.39 is 15.8 Å². The minimum absolute atomic E-state index is 0.00931. The van der Waals surface area contributed by atoms with E-state index >= 15 is 0 Å². The lowest BCUT2D eigenvalue weighted by Crippen LogP contribution is -2.59. The van der Waals surface area contributed by atoms with Crippen molar-refractivity contribution in [2.45, 2.75) is 110 Å². The van der Waals surface area contributed by atoms with Crippen molar-refractivity contribution in [2.24, 2.45) is 46.3 Å². The molecule has 4 fully saturated rings. The number of carbonyl (C=O) groups excluding carboxylic acids is 2. The standard InChI is InChI=1S/C40H50N2O10/c1-24(4-17-36(43)44)32-15-16-33-31-14-9-27-22-30(51-37(45)20-25-5-10-28(11-6-25)41(47)48)18-19-39(27,2)34(31)23-35(40(32,33)3)52-38(46)21-26-7-12-29(13-8-26)42(49)50/h5-8,10-13,24,27,30-35H,4,9,14-23H2,1-3H3,(H,43,44)/t24-,27-,30-,31+,32-,33+,34+,35+,39+,40-/m1/s1. The highest BCUT2D eigenvalue weighted by Crippen LogP contribution is 2.69. The van der Waals surface area contributed by atoms with Gasteiger partial charge in [0, 0.05) is 36.1 Å². The Morgan fingerprint density at radius 3 is 1.94 bits per heavy atom. The summed E-state index contributed by atoms with van der Waals surface area (Å²) < 4.78 is 12.5. The third-order valence-corrected chi connectivity index (χ3v) is 13.8. The monoisotopic (exact) mass is 718 g/mol. The second-order valence-electron chi connectivity index (χ2n) is 16.4. The van der Waals surface area contributed by atoms with E-state index in [0.29, 0.717) is 41.2 Å². The van der Waals surface area contributed by atoms with Crippen LogP contribution in [-0.2, 0) is 36.7 Å². The van der Waals surface area contributed by atoms with E-state index in [0.717, 1.165) is 51.4 Å². The lowest BCUT2D eigenvalue weighted by molar-refractivity contribution is -0.385. The van der Waals surface area contributed by atoms with Gasteiger partial charge in [0.25, 0.3) is 11.4 Å². The summed E-state index contributed by atoms with van der Waals surface area (Å²) in [6.45, 7) is 6.80. The Balaban J connectivity index is 1.18. The molecule has 1 N–H and O–H groups in total. The Morgan fingerprint density at radius 1 is 0.808 bits per heavy atom. The molecule has 6 rings (SSSR count). The zero-order valence-electron chi connectivity index (χ0n) is 30.2. The quantitative estimate of drug-likeness (QED) is 0.129. The fourth-order valence-corrected chi connectivity index (χ4v) is 11.2. The topological polar surface area (TPSA) is 176 Å². The van der Waals surface area contributed by atoms with E-state index in [1.54, 1.807) is 24.3 Å². The van der Waals surface area contributed by atoms with Crippen LogP contribution in [0.1, 0.15) is 96.1 Å². The summed E-state index contributed by atoms with van der Waals surface area (Å²) in [4.78, 5) is 59.3. The molecule has 0 unspecified atom stereocenters. The van der Waals surface area contributed by atoms with Gasteiger partial charge in [-0.15, -0.1) is 0 Å². The number of rotatable bonds is 12. The molecule has 4 saturated carbocycles. The first kappa shape index (κ1) is 37.4. The van der Waals surface area contributed by atoms with E-state index in [-0.39, 0.29) is 77.4 Å². The number of ether oxygens (including phenoxy) is 2. The normalized spacial score (nSPS) is 32.7. The number of carboxylic acid groups (broad SMARTS) is 1. The van der Waals surface area contributed by atoms with Crippen LogP contribution in [0.4, 0.5) is 11.4 Å². The molecule has 0 bridgehead atoms. The van der Waals surface area contributed by atoms with Gasteiger partial charge >= 0.3 is 17.9 Å². The molecule has 10 atom stereocenters. The van der Waals surface area contributed by atoms with Gasteiger partial charge in [-0.2, -0.15) is 0 Å². The van der Waals surface area contributed by atoms with Crippen molar-refractivity contribution >= 4 is 29.3 Å². The van der Waals surface area contributed by atoms with Crippen LogP contribution in [0.2, 0.25) is 0 Å². The number of esters is 2. The van der Waals surface area contributed by atoms with Crippen LogP contribution in [0.15, 0.2) is 48.5 Å². The largest absolute Gasteiger partial charge is 0.481 e. The first-order valence-electron chi connectivity index (χ1n) is 18.8. The molecule has 4 aliphatic carbocycles. The molecule has 12 nitrogen and oxygen atoms in total. The lowest BCUT2D eigenvalue weighted by Gasteiger charge is -2.62. The molecule has 0 spiro atoms. The molecule has 52 heavy (non-hydrogen) atoms. The van der Waals surface area contributed by atoms with Gasteiger partial charge in [0.05, 0.1) is 22.7 Å². The first-order valence-corrected chi connectivity index (χ1v) is 18.8. The molecule has 0 amide bonds. The molecule has 4 aliphatic rings. The summed E-state index contributed by atoms with van der Waals surface area (Å²) in [6, 6.07) is 11.9. The average molecular weight is 719 g/mol. The number of fused-ring (bicyclic) bond motifs is 5. The minimum Gasteiger partial charge on any atom is -0.481 e. The number of non-ortho nitro benzene ring substituents is 2. The molecule has 0 aliphatic heterocycles. The van der Waals surface area contributed by atoms with Crippen LogP contribution >= 0.6 is 0 Å². The van der Waals surface area contributed by atoms with Crippen LogP contribution in [0.25, 0.3) is 0 Å². The predicted octanol–water partition coefficient (Wildman–Crippen LogP) is 7.88. The maximum absolute atomic E-state index is 13.7. The molecule has 12 heteroatoms. The van der Waals surface area contributed by atoms with Gasteiger partial charge in [-0.25, -0.2) is 0 Å². The van der Waals surface area contributed by atoms with Crippen molar-refractivity contribution in [2.75, 3.05) is 0 Å². The Labute approximate surface area is 303 Å². The fraction of sp³-hybridized carbons (Fsp3) is 0.625. The lowest BCUT2D eigenvalue weighted by atomic mass is 9.43. The summed E-state index contributed by atoms with van der Waals surface area (Å²) in [7, 11) is 0. The molecule has 0 heterocycles. The number of carbonyl (C=O) groups is 3. The highest BCUT2D eigenvalue weighted by atomic mass is 16.6. The van der Waals surface area contributed by atoms with Crippen LogP contribution < -0.4 is 0 Å². The van der Waals surface area contributed by atoms with E-state index in [1.165, 1.54) is 24.3 Å². The summed E-state index contributed by atoms with van der Waals surface area (Å²) in [6.07, 6.45) is 7.38. The molecular weight excluding hydrogens is 668 g/mol. The number of carboxylic acids is 1. The number of nitro groups is 2. The number of benzene rings is 2. The second kappa shape index (κ2) is 14.9. The van der Waals surface area contributed by atoms with Gasteiger partial charge in [0.1, 0.15) is 12.2 Å². The van der Waals surface area contributed by atoms with Crippen molar-refractivity contribution < 1.29 is 38.8 Å². The molecule has 0 saturated heterocycles. The highest BCUT2D eigenvalue weighted by Gasteiger charge is 2.65. The summed E-state index contributed by atoms with van der Waals surface area (Å²) in [5.74, 6) is 0.303. The SMILES string of the molecule is C[C@H](CCC(=O)O)[C@H]1CC[C@H]2[C@@H]3CC[C@@H]4C[C@H](OC(=O)Cc5ccc([N+](=O)[O-])cc5)CC[C@]4(C)[C@H]3C[C@H](OC(=O)Cc3ccc([N+](=O)[O-])cc3)[C@]12C. The summed E-state index contributed by atoms with van der Waals surface area (Å²) >= 11 is 0. The Kier molecular flexibility index (Phi) is 10.8. The van der Waals surface area contributed by atoms with Crippen molar-refractivity contribution in [3.8, 4) is 0 Å². The maximum Gasteiger partial charge on any atom is 0.310 e. The van der Waals surface area contributed by atoms with Gasteiger partial charge < -0.3 is 14.6 Å². The predicted molar refractivity (Wildman–Crippen MR) is 190 cm³/mol. The number of hydrogen-bond acceptors (Lipinski definition) is 9. The fourth-order valence-electron chi connectivity index (χ4n) is 11.2. The molecular formula is C40H50N2O10. The third-order valence-electron chi connectivity index (χ3n) is 13.8. The molecule has 0 radical (unpaired) electrons. The van der Waals surface area contributed by atoms with Crippen molar-refractivity contribution in [3.63, 3.8) is 0 Å². The highest BCUT2D eigenvalue weighted by molar-refractivity contribution is 5.73. The van der Waals surface area contributed by atoms with E-state index in [1.807, 2.05) is 0 Å². The third kappa shape index (κ3) is 7.43. The zero-order valence-corrected chi connectivity index (χ0v) is 30.2. The number of hydrogen-bond donors (Lipinski definition) is 1. The number of aliphatic carboxylic acids is 1. The van der Waals surface area contributed by atoms with Crippen molar-refractivity contribution in [3.05, 3.63) is 79.9 Å². The van der Waals surface area contributed by atoms with Gasteiger partial charge in [-0.3, -0.25) is 34.6 Å². The van der Waals surface area contributed by atoms with Crippen molar-refractivity contribution in [1.82, 2.24) is 0 Å². The summed E-state index contributed by atoms with van der Waals surface area (Å²) in [5, 5.41) is 31.6. The average Bonchev–Trinajstić information content (AvgIpc) is 3.46. The Hall–Kier alpha value is -4.35. The Bertz CT molecular complexity index is 1680. The van der Waals surface area contributed by atoms with Gasteiger partial charge in [0.2, 0.25) is 0 Å². The minimum atomic E-state index is -0.805. The molecule has 2 aromatic carbocycles.